The average Bonchev–Trinajstić information content (AvgIpc) is 2.58. The molecule has 1 aromatic heterocycles. The highest BCUT2D eigenvalue weighted by molar-refractivity contribution is 7.90. The minimum Gasteiger partial charge on any atom is -0.332 e. The molecule has 1 heterocycles. The molecule has 0 radical (unpaired) electrons. The molecule has 3 rings (SSSR count). The zero-order valence-corrected chi connectivity index (χ0v) is 15.7. The van der Waals surface area contributed by atoms with Crippen LogP contribution in [-0.4, -0.2) is 23.1 Å². The van der Waals surface area contributed by atoms with Crippen molar-refractivity contribution in [1.29, 1.82) is 0 Å². The van der Waals surface area contributed by atoms with Crippen LogP contribution in [0.5, 0.6) is 0 Å². The normalized spacial score (nSPS) is 11.5. The van der Waals surface area contributed by atoms with Crippen LogP contribution < -0.4 is 16.1 Å². The maximum absolute atomic E-state index is 12.9. The Kier molecular flexibility index (Phi) is 4.66. The lowest BCUT2D eigenvalue weighted by Crippen LogP contribution is -2.46. The van der Waals surface area contributed by atoms with E-state index in [9.17, 15) is 22.8 Å². The van der Waals surface area contributed by atoms with Gasteiger partial charge < -0.3 is 4.84 Å². The second-order valence-electron chi connectivity index (χ2n) is 5.71. The van der Waals surface area contributed by atoms with Gasteiger partial charge in [-0.05, 0) is 37.3 Å². The Hall–Kier alpha value is -2.91. The molecule has 0 aliphatic rings. The third-order valence-electron chi connectivity index (χ3n) is 3.72. The van der Waals surface area contributed by atoms with Crippen molar-refractivity contribution in [3.63, 3.8) is 0 Å². The monoisotopic (exact) mass is 408 g/mol. The van der Waals surface area contributed by atoms with E-state index in [-0.39, 0.29) is 24.8 Å². The van der Waals surface area contributed by atoms with Crippen molar-refractivity contribution in [3.8, 4) is 0 Å². The van der Waals surface area contributed by atoms with E-state index < -0.39 is 27.2 Å². The van der Waals surface area contributed by atoms with Crippen LogP contribution in [0.25, 0.3) is 10.9 Å². The van der Waals surface area contributed by atoms with Gasteiger partial charge in [-0.15, -0.1) is 8.70 Å². The maximum Gasteiger partial charge on any atom is 0.379 e. The van der Waals surface area contributed by atoms with Crippen molar-refractivity contribution >= 4 is 38.5 Å². The number of nitrogens with zero attached hydrogens (tertiary/aromatic N) is 2. The molecule has 0 saturated heterocycles. The van der Waals surface area contributed by atoms with E-state index in [4.69, 9.17) is 16.4 Å². The standard InChI is InChI=1S/C17H13ClN2O6S/c1-10-3-6-13(7-4-10)27(24,25)20-16(22)14-8-5-12(18)9-15(14)19(17(20)23)26-11(2)21/h3-9H,1-2H3. The van der Waals surface area contributed by atoms with Gasteiger partial charge in [0.2, 0.25) is 0 Å². The predicted molar refractivity (Wildman–Crippen MR) is 98.5 cm³/mol. The third-order valence-corrected chi connectivity index (χ3v) is 5.63. The van der Waals surface area contributed by atoms with Crippen LogP contribution in [-0.2, 0) is 14.8 Å². The molecule has 3 aromatic rings. The number of carbonyl (C=O) groups excluding carboxylic acids is 1. The van der Waals surface area contributed by atoms with Crippen LogP contribution in [0, 0.1) is 6.92 Å². The molecule has 0 amide bonds. The van der Waals surface area contributed by atoms with E-state index in [1.807, 2.05) is 0 Å². The molecule has 0 bridgehead atoms. The Labute approximate surface area is 158 Å². The molecule has 10 heteroatoms. The van der Waals surface area contributed by atoms with Gasteiger partial charge >= 0.3 is 11.7 Å². The molecule has 0 fully saturated rings. The summed E-state index contributed by atoms with van der Waals surface area (Å²) in [5.74, 6) is -0.878. The first kappa shape index (κ1) is 18.9. The van der Waals surface area contributed by atoms with Crippen LogP contribution >= 0.6 is 11.6 Å². The largest absolute Gasteiger partial charge is 0.379 e. The van der Waals surface area contributed by atoms with Gasteiger partial charge in [-0.25, -0.2) is 18.0 Å². The predicted octanol–water partition coefficient (Wildman–Crippen LogP) is 1.34. The van der Waals surface area contributed by atoms with Gasteiger partial charge in [0.15, 0.2) is 0 Å². The highest BCUT2D eigenvalue weighted by Gasteiger charge is 2.26. The van der Waals surface area contributed by atoms with E-state index in [1.165, 1.54) is 42.5 Å². The molecule has 0 aliphatic heterocycles. The van der Waals surface area contributed by atoms with Gasteiger partial charge in [-0.2, -0.15) is 0 Å². The van der Waals surface area contributed by atoms with Crippen LogP contribution in [0.15, 0.2) is 56.9 Å². The Bertz CT molecular complexity index is 1290. The second kappa shape index (κ2) is 6.67. The van der Waals surface area contributed by atoms with Gasteiger partial charge in [-0.3, -0.25) is 4.79 Å². The zero-order chi connectivity index (χ0) is 19.9. The summed E-state index contributed by atoms with van der Waals surface area (Å²) in [6, 6.07) is 9.45. The molecule has 0 atom stereocenters. The maximum atomic E-state index is 12.9. The summed E-state index contributed by atoms with van der Waals surface area (Å²) in [5, 5.41) is 0.0114. The Morgan fingerprint density at radius 2 is 1.70 bits per heavy atom. The van der Waals surface area contributed by atoms with Crippen LogP contribution in [0.1, 0.15) is 12.5 Å². The summed E-state index contributed by atoms with van der Waals surface area (Å²) in [6.45, 7) is 2.79. The summed E-state index contributed by atoms with van der Waals surface area (Å²) in [4.78, 5) is 41.5. The van der Waals surface area contributed by atoms with E-state index in [0.717, 1.165) is 12.5 Å². The van der Waals surface area contributed by atoms with Crippen molar-refractivity contribution in [1.82, 2.24) is 8.70 Å². The number of benzene rings is 2. The number of fused-ring (bicyclic) bond motifs is 1. The van der Waals surface area contributed by atoms with Crippen LogP contribution in [0.4, 0.5) is 0 Å². The van der Waals surface area contributed by atoms with Gasteiger partial charge in [0, 0.05) is 11.9 Å². The van der Waals surface area contributed by atoms with Gasteiger partial charge in [0.05, 0.1) is 10.3 Å². The topological polar surface area (TPSA) is 104 Å². The molecule has 0 saturated carbocycles. The zero-order valence-electron chi connectivity index (χ0n) is 14.2. The molecule has 27 heavy (non-hydrogen) atoms. The summed E-state index contributed by atoms with van der Waals surface area (Å²) in [7, 11) is -4.53. The van der Waals surface area contributed by atoms with Crippen molar-refractivity contribution in [3.05, 3.63) is 73.9 Å². The van der Waals surface area contributed by atoms with E-state index >= 15 is 0 Å². The van der Waals surface area contributed by atoms with Gasteiger partial charge in [0.25, 0.3) is 15.6 Å². The van der Waals surface area contributed by atoms with Crippen molar-refractivity contribution in [2.24, 2.45) is 0 Å². The average molecular weight is 409 g/mol. The van der Waals surface area contributed by atoms with Crippen molar-refractivity contribution < 1.29 is 18.0 Å². The number of aromatic nitrogens is 2. The molecular formula is C17H13ClN2O6S. The molecule has 8 nitrogen and oxygen atoms in total. The van der Waals surface area contributed by atoms with Crippen molar-refractivity contribution in [2.45, 2.75) is 18.7 Å². The van der Waals surface area contributed by atoms with Gasteiger partial charge in [-0.1, -0.05) is 29.3 Å². The van der Waals surface area contributed by atoms with Gasteiger partial charge in [0.1, 0.15) is 5.52 Å². The first-order valence-corrected chi connectivity index (χ1v) is 9.43. The first-order chi connectivity index (χ1) is 12.6. The third kappa shape index (κ3) is 3.26. The lowest BCUT2D eigenvalue weighted by atomic mass is 10.2. The quantitative estimate of drug-likeness (QED) is 0.647. The fourth-order valence-electron chi connectivity index (χ4n) is 2.48. The molecular weight excluding hydrogens is 396 g/mol. The minimum atomic E-state index is -4.53. The summed E-state index contributed by atoms with van der Waals surface area (Å²) >= 11 is 5.89. The lowest BCUT2D eigenvalue weighted by Gasteiger charge is -2.13. The molecule has 0 N–H and O–H groups in total. The molecule has 2 aromatic carbocycles. The SMILES string of the molecule is CC(=O)On1c(=O)n(S(=O)(=O)c2ccc(C)cc2)c(=O)c2ccc(Cl)cc21. The first-order valence-electron chi connectivity index (χ1n) is 7.61. The fraction of sp³-hybridized carbons (Fsp3) is 0.118. The molecule has 0 aliphatic carbocycles. The number of carbonyl (C=O) groups is 1. The summed E-state index contributed by atoms with van der Waals surface area (Å²) in [6.07, 6.45) is 0. The Morgan fingerprint density at radius 1 is 1.07 bits per heavy atom. The molecule has 0 spiro atoms. The highest BCUT2D eigenvalue weighted by Crippen LogP contribution is 2.17. The lowest BCUT2D eigenvalue weighted by molar-refractivity contribution is -0.141. The van der Waals surface area contributed by atoms with E-state index in [0.29, 0.717) is 4.73 Å². The number of hydrogen-bond donors (Lipinski definition) is 0. The Balaban J connectivity index is 2.45. The van der Waals surface area contributed by atoms with Crippen LogP contribution in [0.2, 0.25) is 5.02 Å². The smallest absolute Gasteiger partial charge is 0.332 e. The number of rotatable bonds is 3. The number of aryl methyl sites for hydroxylation is 1. The fourth-order valence-corrected chi connectivity index (χ4v) is 3.93. The summed E-state index contributed by atoms with van der Waals surface area (Å²) < 4.78 is 26.3. The highest BCUT2D eigenvalue weighted by atomic mass is 35.5. The number of hydrogen-bond acceptors (Lipinski definition) is 6. The molecule has 0 unspecified atom stereocenters. The Morgan fingerprint density at radius 3 is 2.30 bits per heavy atom. The minimum absolute atomic E-state index is 0.0663. The second-order valence-corrected chi connectivity index (χ2v) is 7.93. The van der Waals surface area contributed by atoms with Crippen molar-refractivity contribution in [2.75, 3.05) is 0 Å². The molecule has 140 valence electrons. The summed E-state index contributed by atoms with van der Waals surface area (Å²) in [5.41, 5.74) is -1.74. The van der Waals surface area contributed by atoms with E-state index in [1.54, 1.807) is 6.92 Å². The van der Waals surface area contributed by atoms with Crippen LogP contribution in [0.3, 0.4) is 0 Å². The number of halogens is 1. The van der Waals surface area contributed by atoms with E-state index in [2.05, 4.69) is 0 Å².